The molecule has 0 saturated carbocycles. The molecule has 10 nitrogen and oxygen atoms in total. The van der Waals surface area contributed by atoms with E-state index in [9.17, 15) is 13.2 Å². The Kier molecular flexibility index (Phi) is 5.89. The van der Waals surface area contributed by atoms with Crippen LogP contribution in [0.25, 0.3) is 15.8 Å². The van der Waals surface area contributed by atoms with Crippen molar-refractivity contribution in [2.24, 2.45) is 0 Å². The summed E-state index contributed by atoms with van der Waals surface area (Å²) < 4.78 is 29.1. The highest BCUT2D eigenvalue weighted by molar-refractivity contribution is 7.90. The topological polar surface area (TPSA) is 130 Å². The van der Waals surface area contributed by atoms with E-state index in [1.165, 1.54) is 11.3 Å². The molecule has 0 atom stereocenters. The number of anilines is 1. The van der Waals surface area contributed by atoms with Crippen LogP contribution < -0.4 is 10.2 Å². The number of rotatable bonds is 6. The van der Waals surface area contributed by atoms with Crippen LogP contribution in [0.2, 0.25) is 0 Å². The van der Waals surface area contributed by atoms with Crippen LogP contribution in [0.1, 0.15) is 33.2 Å². The fourth-order valence-electron chi connectivity index (χ4n) is 3.99. The van der Waals surface area contributed by atoms with Gasteiger partial charge >= 0.3 is 0 Å². The van der Waals surface area contributed by atoms with Crippen molar-refractivity contribution in [3.05, 3.63) is 40.3 Å². The van der Waals surface area contributed by atoms with E-state index < -0.39 is 9.84 Å². The van der Waals surface area contributed by atoms with Gasteiger partial charge in [-0.15, -0.1) is 11.3 Å². The van der Waals surface area contributed by atoms with Crippen molar-refractivity contribution in [3.8, 4) is 0 Å². The standard InChI is InChI=1S/C21H24N6O4S2/c1-33(29,30)10-5-22-21(28)17-11-16-18(32-17)20(27-6-8-31-9-7-27)25-19(24-16)13-3-2-4-15-14(13)12-23-26-15/h3,11-12H,2,4-10H2,1H3,(H,22,28)(H,23,26). The Morgan fingerprint density at radius 3 is 2.91 bits per heavy atom. The number of aromatic nitrogens is 4. The lowest BCUT2D eigenvalue weighted by molar-refractivity contribution is 0.0960. The Balaban J connectivity index is 1.53. The number of hydrogen-bond acceptors (Lipinski definition) is 9. The third-order valence-corrected chi connectivity index (χ3v) is 7.70. The number of H-pyrrole nitrogens is 1. The van der Waals surface area contributed by atoms with Crippen molar-refractivity contribution in [1.82, 2.24) is 25.5 Å². The molecule has 0 radical (unpaired) electrons. The van der Waals surface area contributed by atoms with Crippen LogP contribution >= 0.6 is 11.3 Å². The Hall–Kier alpha value is -2.83. The maximum Gasteiger partial charge on any atom is 0.261 e. The molecule has 0 spiro atoms. The molecule has 2 N–H and O–H groups in total. The first-order valence-electron chi connectivity index (χ1n) is 10.7. The number of aryl methyl sites for hydroxylation is 1. The summed E-state index contributed by atoms with van der Waals surface area (Å²) in [5.41, 5.74) is 3.70. The number of amides is 1. The van der Waals surface area contributed by atoms with Gasteiger partial charge in [-0.25, -0.2) is 18.4 Å². The maximum absolute atomic E-state index is 12.7. The van der Waals surface area contributed by atoms with Crippen molar-refractivity contribution >= 4 is 48.7 Å². The lowest BCUT2D eigenvalue weighted by atomic mass is 9.96. The monoisotopic (exact) mass is 488 g/mol. The Bertz CT molecular complexity index is 1340. The van der Waals surface area contributed by atoms with Gasteiger partial charge in [0.2, 0.25) is 0 Å². The predicted octanol–water partition coefficient (Wildman–Crippen LogP) is 1.40. The first-order chi connectivity index (χ1) is 15.9. The number of ether oxygens (including phenoxy) is 1. The zero-order chi connectivity index (χ0) is 23.0. The fourth-order valence-corrected chi connectivity index (χ4v) is 5.50. The second-order valence-electron chi connectivity index (χ2n) is 8.10. The second kappa shape index (κ2) is 8.84. The van der Waals surface area contributed by atoms with Gasteiger partial charge in [0.15, 0.2) is 11.6 Å². The number of sulfone groups is 1. The van der Waals surface area contributed by atoms with Crippen molar-refractivity contribution in [2.75, 3.05) is 49.8 Å². The number of nitrogens with zero attached hydrogens (tertiary/aromatic N) is 4. The Labute approximate surface area is 195 Å². The summed E-state index contributed by atoms with van der Waals surface area (Å²) in [6.07, 6.45) is 6.85. The molecule has 5 rings (SSSR count). The molecule has 174 valence electrons. The highest BCUT2D eigenvalue weighted by Crippen LogP contribution is 2.36. The summed E-state index contributed by atoms with van der Waals surface area (Å²) in [7, 11) is -3.15. The quantitative estimate of drug-likeness (QED) is 0.533. The molecule has 1 aliphatic carbocycles. The van der Waals surface area contributed by atoms with Crippen LogP contribution in [-0.2, 0) is 21.0 Å². The predicted molar refractivity (Wildman–Crippen MR) is 126 cm³/mol. The summed E-state index contributed by atoms with van der Waals surface area (Å²) in [6.45, 7) is 2.69. The number of fused-ring (bicyclic) bond motifs is 2. The van der Waals surface area contributed by atoms with E-state index in [0.717, 1.165) is 46.4 Å². The van der Waals surface area contributed by atoms with Crippen molar-refractivity contribution in [3.63, 3.8) is 0 Å². The van der Waals surface area contributed by atoms with E-state index in [4.69, 9.17) is 14.7 Å². The zero-order valence-electron chi connectivity index (χ0n) is 18.1. The summed E-state index contributed by atoms with van der Waals surface area (Å²) >= 11 is 1.32. The summed E-state index contributed by atoms with van der Waals surface area (Å²) in [6, 6.07) is 1.75. The fraction of sp³-hybridized carbons (Fsp3) is 0.429. The molecular formula is C21H24N6O4S2. The molecule has 3 aromatic heterocycles. The first-order valence-corrected chi connectivity index (χ1v) is 13.6. The number of carbonyl (C=O) groups excluding carboxylic acids is 1. The average molecular weight is 489 g/mol. The van der Waals surface area contributed by atoms with Crippen LogP contribution in [0.15, 0.2) is 18.3 Å². The van der Waals surface area contributed by atoms with Gasteiger partial charge in [0.25, 0.3) is 5.91 Å². The number of morpholine rings is 1. The van der Waals surface area contributed by atoms with E-state index in [2.05, 4.69) is 26.5 Å². The highest BCUT2D eigenvalue weighted by atomic mass is 32.2. The lowest BCUT2D eigenvalue weighted by Crippen LogP contribution is -2.37. The molecule has 1 amide bonds. The number of nitrogens with one attached hydrogen (secondary N) is 2. The smallest absolute Gasteiger partial charge is 0.261 e. The molecular weight excluding hydrogens is 464 g/mol. The van der Waals surface area contributed by atoms with Gasteiger partial charge < -0.3 is 15.0 Å². The zero-order valence-corrected chi connectivity index (χ0v) is 19.8. The third-order valence-electron chi connectivity index (χ3n) is 5.64. The lowest BCUT2D eigenvalue weighted by Gasteiger charge is -2.28. The van der Waals surface area contributed by atoms with Gasteiger partial charge in [-0.3, -0.25) is 9.89 Å². The van der Waals surface area contributed by atoms with Crippen molar-refractivity contribution in [2.45, 2.75) is 12.8 Å². The molecule has 1 aliphatic heterocycles. The van der Waals surface area contributed by atoms with Crippen LogP contribution in [0, 0.1) is 0 Å². The van der Waals surface area contributed by atoms with Gasteiger partial charge in [-0.05, 0) is 18.9 Å². The van der Waals surface area contributed by atoms with Crippen molar-refractivity contribution < 1.29 is 17.9 Å². The summed E-state index contributed by atoms with van der Waals surface area (Å²) in [4.78, 5) is 25.1. The number of thiophene rings is 1. The van der Waals surface area contributed by atoms with E-state index >= 15 is 0 Å². The average Bonchev–Trinajstić information content (AvgIpc) is 3.45. The van der Waals surface area contributed by atoms with E-state index in [0.29, 0.717) is 42.5 Å². The number of aromatic amines is 1. The van der Waals surface area contributed by atoms with Gasteiger partial charge in [0, 0.05) is 42.7 Å². The summed E-state index contributed by atoms with van der Waals surface area (Å²) in [5, 5.41) is 9.93. The number of carbonyl (C=O) groups is 1. The highest BCUT2D eigenvalue weighted by Gasteiger charge is 2.24. The summed E-state index contributed by atoms with van der Waals surface area (Å²) in [5.74, 6) is 0.974. The van der Waals surface area contributed by atoms with E-state index in [1.54, 1.807) is 12.3 Å². The molecule has 12 heteroatoms. The molecule has 0 aromatic carbocycles. The van der Waals surface area contributed by atoms with Gasteiger partial charge in [0.05, 0.1) is 40.3 Å². The van der Waals surface area contributed by atoms with Gasteiger partial charge in [-0.1, -0.05) is 6.08 Å². The van der Waals surface area contributed by atoms with E-state index in [1.807, 2.05) is 0 Å². The minimum absolute atomic E-state index is 0.0648. The molecule has 0 unspecified atom stereocenters. The first kappa shape index (κ1) is 22.0. The second-order valence-corrected chi connectivity index (χ2v) is 11.4. The van der Waals surface area contributed by atoms with Gasteiger partial charge in [0.1, 0.15) is 9.84 Å². The molecule has 2 aliphatic rings. The normalized spacial score (nSPS) is 16.5. The van der Waals surface area contributed by atoms with Crippen molar-refractivity contribution in [1.29, 1.82) is 0 Å². The molecule has 1 saturated heterocycles. The molecule has 33 heavy (non-hydrogen) atoms. The third kappa shape index (κ3) is 4.63. The van der Waals surface area contributed by atoms with Crippen LogP contribution in [-0.4, -0.2) is 79.3 Å². The SMILES string of the molecule is CS(=O)(=O)CCNC(=O)c1cc2nc(C3=CCCc4[nH]ncc43)nc(N3CCOCC3)c2s1. The minimum Gasteiger partial charge on any atom is -0.378 e. The van der Waals surface area contributed by atoms with Crippen LogP contribution in [0.4, 0.5) is 5.82 Å². The molecule has 1 fully saturated rings. The molecule has 4 heterocycles. The Morgan fingerprint density at radius 2 is 2.12 bits per heavy atom. The van der Waals surface area contributed by atoms with Crippen LogP contribution in [0.5, 0.6) is 0 Å². The van der Waals surface area contributed by atoms with E-state index in [-0.39, 0.29) is 18.2 Å². The molecule has 0 bridgehead atoms. The van der Waals surface area contributed by atoms with Crippen LogP contribution in [0.3, 0.4) is 0 Å². The largest absolute Gasteiger partial charge is 0.378 e. The number of allylic oxidation sites excluding steroid dienone is 1. The molecule has 3 aromatic rings. The minimum atomic E-state index is -3.15. The maximum atomic E-state index is 12.7. The number of hydrogen-bond donors (Lipinski definition) is 2. The Morgan fingerprint density at radius 1 is 1.30 bits per heavy atom. The van der Waals surface area contributed by atoms with Gasteiger partial charge in [-0.2, -0.15) is 5.10 Å².